The van der Waals surface area contributed by atoms with Crippen molar-refractivity contribution >= 4 is 0 Å². The van der Waals surface area contributed by atoms with Crippen molar-refractivity contribution in [3.63, 3.8) is 0 Å². The minimum absolute atomic E-state index is 1.16. The molecule has 2 nitrogen and oxygen atoms in total. The van der Waals surface area contributed by atoms with Crippen molar-refractivity contribution in [1.29, 1.82) is 0 Å². The van der Waals surface area contributed by atoms with E-state index in [4.69, 9.17) is 0 Å². The first-order valence-corrected chi connectivity index (χ1v) is 17.4. The quantitative estimate of drug-likeness (QED) is 0.0737. The van der Waals surface area contributed by atoms with Gasteiger partial charge in [-0.25, -0.2) is 9.13 Å². The van der Waals surface area contributed by atoms with Crippen LogP contribution in [0.4, 0.5) is 0 Å². The molecule has 218 valence electrons. The van der Waals surface area contributed by atoms with Crippen molar-refractivity contribution < 1.29 is 4.57 Å². The van der Waals surface area contributed by atoms with Crippen LogP contribution >= 0.6 is 0 Å². The fourth-order valence-electron chi connectivity index (χ4n) is 5.91. The molecule has 0 aliphatic carbocycles. The highest BCUT2D eigenvalue weighted by Gasteiger charge is 2.14. The van der Waals surface area contributed by atoms with Crippen LogP contribution in [0.3, 0.4) is 0 Å². The number of hydrogen-bond donors (Lipinski definition) is 0. The summed E-state index contributed by atoms with van der Waals surface area (Å²) < 4.78 is 5.08. The van der Waals surface area contributed by atoms with Crippen LogP contribution in [0.1, 0.15) is 194 Å². The van der Waals surface area contributed by atoms with Gasteiger partial charge >= 0.3 is 0 Å². The van der Waals surface area contributed by atoms with Crippen molar-refractivity contribution in [1.82, 2.24) is 4.57 Å². The van der Waals surface area contributed by atoms with Gasteiger partial charge in [-0.1, -0.05) is 162 Å². The molecule has 0 atom stereocenters. The fourth-order valence-corrected chi connectivity index (χ4v) is 5.91. The lowest BCUT2D eigenvalue weighted by Crippen LogP contribution is -2.37. The number of imidazole rings is 1. The summed E-state index contributed by atoms with van der Waals surface area (Å²) in [5.74, 6) is 1.54. The van der Waals surface area contributed by atoms with E-state index in [2.05, 4.69) is 42.3 Å². The lowest BCUT2D eigenvalue weighted by atomic mass is 10.0. The Hall–Kier alpha value is -0.790. The molecule has 0 fully saturated rings. The molecule has 1 rings (SSSR count). The molecule has 1 aromatic heterocycles. The Morgan fingerprint density at radius 3 is 1.19 bits per heavy atom. The van der Waals surface area contributed by atoms with Gasteiger partial charge < -0.3 is 0 Å². The van der Waals surface area contributed by atoms with Crippen molar-refractivity contribution in [2.24, 2.45) is 0 Å². The van der Waals surface area contributed by atoms with Gasteiger partial charge in [-0.3, -0.25) is 0 Å². The van der Waals surface area contributed by atoms with Crippen LogP contribution in [-0.2, 0) is 19.5 Å². The number of hydrogen-bond acceptors (Lipinski definition) is 0. The molecule has 0 radical (unpaired) electrons. The van der Waals surface area contributed by atoms with E-state index in [0.717, 1.165) is 6.42 Å². The first-order valence-electron chi connectivity index (χ1n) is 17.4. The minimum atomic E-state index is 1.16. The molecule has 0 aromatic carbocycles. The monoisotopic (exact) mass is 518 g/mol. The van der Waals surface area contributed by atoms with Crippen LogP contribution < -0.4 is 4.57 Å². The number of aryl methyl sites for hydroxylation is 2. The zero-order chi connectivity index (χ0) is 26.7. The second-order valence-electron chi connectivity index (χ2n) is 11.9. The largest absolute Gasteiger partial charge is 0.256 e. The maximum absolute atomic E-state index is 2.54. The number of rotatable bonds is 29. The van der Waals surface area contributed by atoms with E-state index in [1.54, 1.807) is 0 Å². The average molecular weight is 518 g/mol. The molecule has 0 bridgehead atoms. The van der Waals surface area contributed by atoms with Crippen molar-refractivity contribution in [2.75, 3.05) is 0 Å². The minimum Gasteiger partial charge on any atom is -0.234 e. The van der Waals surface area contributed by atoms with Crippen LogP contribution in [0.5, 0.6) is 0 Å². The maximum atomic E-state index is 2.54. The molecule has 0 saturated heterocycles. The molecule has 37 heavy (non-hydrogen) atoms. The predicted molar refractivity (Wildman–Crippen MR) is 165 cm³/mol. The third-order valence-electron chi connectivity index (χ3n) is 8.41. The summed E-state index contributed by atoms with van der Waals surface area (Å²) in [6, 6.07) is 0. The van der Waals surface area contributed by atoms with E-state index in [9.17, 15) is 0 Å². The summed E-state index contributed by atoms with van der Waals surface area (Å²) in [5, 5.41) is 0. The van der Waals surface area contributed by atoms with Gasteiger partial charge in [-0.05, 0) is 25.7 Å². The number of aromatic nitrogens is 2. The second-order valence-corrected chi connectivity index (χ2v) is 11.9. The molecule has 0 aliphatic rings. The molecular weight excluding hydrogens is 448 g/mol. The van der Waals surface area contributed by atoms with E-state index < -0.39 is 0 Å². The van der Waals surface area contributed by atoms with Gasteiger partial charge in [-0.15, -0.1) is 0 Å². The highest BCUT2D eigenvalue weighted by Crippen LogP contribution is 2.14. The Morgan fingerprint density at radius 1 is 0.459 bits per heavy atom. The van der Waals surface area contributed by atoms with Crippen LogP contribution in [0.15, 0.2) is 12.4 Å². The normalized spacial score (nSPS) is 11.5. The molecule has 1 heterocycles. The Labute approximate surface area is 234 Å². The van der Waals surface area contributed by atoms with Crippen molar-refractivity contribution in [3.05, 3.63) is 18.2 Å². The Balaban J connectivity index is 1.95. The SMILES string of the molecule is CCCCCCCCCCCCCCCCCCn1cc[n+](CCCCCCCCCCCC)c1CC. The molecule has 0 unspecified atom stereocenters. The summed E-state index contributed by atoms with van der Waals surface area (Å²) in [4.78, 5) is 0. The molecule has 0 aliphatic heterocycles. The van der Waals surface area contributed by atoms with E-state index in [1.165, 1.54) is 186 Å². The van der Waals surface area contributed by atoms with Gasteiger partial charge in [0.25, 0.3) is 5.82 Å². The molecule has 0 N–H and O–H groups in total. The third kappa shape index (κ3) is 19.9. The summed E-state index contributed by atoms with van der Waals surface area (Å²) in [6.07, 6.45) is 43.2. The molecular formula is C35H69N2+. The average Bonchev–Trinajstić information content (AvgIpc) is 3.31. The van der Waals surface area contributed by atoms with Crippen LogP contribution in [0.25, 0.3) is 0 Å². The first-order chi connectivity index (χ1) is 18.3. The Morgan fingerprint density at radius 2 is 0.811 bits per heavy atom. The predicted octanol–water partition coefficient (Wildman–Crippen LogP) is 11.5. The Kier molecular flexibility index (Phi) is 24.8. The number of nitrogens with zero attached hydrogens (tertiary/aromatic N) is 2. The lowest BCUT2D eigenvalue weighted by Gasteiger charge is -2.05. The molecule has 0 spiro atoms. The lowest BCUT2D eigenvalue weighted by molar-refractivity contribution is -0.704. The van der Waals surface area contributed by atoms with Gasteiger partial charge in [-0.2, -0.15) is 0 Å². The fraction of sp³-hybridized carbons (Fsp3) is 0.914. The van der Waals surface area contributed by atoms with Gasteiger partial charge in [0.1, 0.15) is 12.4 Å². The summed E-state index contributed by atoms with van der Waals surface area (Å²) >= 11 is 0. The van der Waals surface area contributed by atoms with E-state index >= 15 is 0 Å². The van der Waals surface area contributed by atoms with Gasteiger partial charge in [0, 0.05) is 6.42 Å². The van der Waals surface area contributed by atoms with Crippen LogP contribution in [-0.4, -0.2) is 4.57 Å². The zero-order valence-corrected chi connectivity index (χ0v) is 26.1. The maximum Gasteiger partial charge on any atom is 0.256 e. The molecule has 0 saturated carbocycles. The second kappa shape index (κ2) is 26.8. The molecule has 2 heteroatoms. The van der Waals surface area contributed by atoms with Gasteiger partial charge in [0.15, 0.2) is 0 Å². The van der Waals surface area contributed by atoms with Crippen LogP contribution in [0, 0.1) is 0 Å². The number of unbranched alkanes of at least 4 members (excludes halogenated alkanes) is 24. The van der Waals surface area contributed by atoms with E-state index in [1.807, 2.05) is 0 Å². The topological polar surface area (TPSA) is 8.81 Å². The van der Waals surface area contributed by atoms with Gasteiger partial charge in [0.2, 0.25) is 0 Å². The highest BCUT2D eigenvalue weighted by molar-refractivity contribution is 4.83. The van der Waals surface area contributed by atoms with E-state index in [0.29, 0.717) is 0 Å². The van der Waals surface area contributed by atoms with Crippen LogP contribution in [0.2, 0.25) is 0 Å². The standard InChI is InChI=1S/C35H69N2/c1-4-7-9-11-13-15-17-18-19-20-21-22-24-26-28-30-32-37-34-33-36(35(37)6-3)31-29-27-25-23-16-14-12-10-8-5-2/h33-34H,4-32H2,1-3H3/q+1. The summed E-state index contributed by atoms with van der Waals surface area (Å²) in [5.41, 5.74) is 0. The highest BCUT2D eigenvalue weighted by atomic mass is 15.1. The van der Waals surface area contributed by atoms with E-state index in [-0.39, 0.29) is 0 Å². The zero-order valence-electron chi connectivity index (χ0n) is 26.1. The first kappa shape index (κ1) is 34.2. The van der Waals surface area contributed by atoms with Crippen molar-refractivity contribution in [2.45, 2.75) is 207 Å². The van der Waals surface area contributed by atoms with Gasteiger partial charge in [0.05, 0.1) is 13.1 Å². The Bertz CT molecular complexity index is 576. The summed E-state index contributed by atoms with van der Waals surface area (Å²) in [7, 11) is 0. The third-order valence-corrected chi connectivity index (χ3v) is 8.41. The smallest absolute Gasteiger partial charge is 0.234 e. The molecule has 1 aromatic rings. The summed E-state index contributed by atoms with van der Waals surface area (Å²) in [6.45, 7) is 9.37. The molecule has 0 amide bonds. The van der Waals surface area contributed by atoms with Crippen molar-refractivity contribution in [3.8, 4) is 0 Å².